The molecule has 0 saturated carbocycles. The Bertz CT molecular complexity index is 581. The summed E-state index contributed by atoms with van der Waals surface area (Å²) in [6.45, 7) is 0. The number of amidine groups is 1. The molecule has 3 N–H and O–H groups in total. The van der Waals surface area contributed by atoms with Gasteiger partial charge in [0.15, 0.2) is 5.75 Å². The summed E-state index contributed by atoms with van der Waals surface area (Å²) >= 11 is 11.7. The molecule has 92 valence electrons. The molecule has 0 amide bonds. The molecular weight excluding hydrogens is 273 g/mol. The van der Waals surface area contributed by atoms with Gasteiger partial charge in [0.1, 0.15) is 11.6 Å². The first-order valence-corrected chi connectivity index (χ1v) is 5.74. The monoisotopic (exact) mass is 281 g/mol. The van der Waals surface area contributed by atoms with Crippen molar-refractivity contribution in [2.45, 2.75) is 0 Å². The molecule has 4 nitrogen and oxygen atoms in total. The zero-order valence-corrected chi connectivity index (χ0v) is 10.7. The molecular formula is C12H9Cl2N3O. The maximum Gasteiger partial charge on any atom is 0.156 e. The lowest BCUT2D eigenvalue weighted by atomic mass is 10.2. The molecule has 18 heavy (non-hydrogen) atoms. The van der Waals surface area contributed by atoms with E-state index in [1.54, 1.807) is 24.3 Å². The standard InChI is InChI=1S/C12H9Cl2N3O/c13-7-3-8(14)5-9(4-7)18-11-6-17-2-1-10(11)12(15)16/h1-6H,(H3,15,16). The highest BCUT2D eigenvalue weighted by molar-refractivity contribution is 6.34. The van der Waals surface area contributed by atoms with Crippen molar-refractivity contribution in [2.75, 3.05) is 0 Å². The van der Waals surface area contributed by atoms with Gasteiger partial charge in [-0.05, 0) is 24.3 Å². The van der Waals surface area contributed by atoms with Gasteiger partial charge in [0, 0.05) is 16.2 Å². The van der Waals surface area contributed by atoms with Crippen molar-refractivity contribution in [1.82, 2.24) is 4.98 Å². The molecule has 0 atom stereocenters. The van der Waals surface area contributed by atoms with E-state index in [4.69, 9.17) is 39.1 Å². The van der Waals surface area contributed by atoms with Gasteiger partial charge >= 0.3 is 0 Å². The summed E-state index contributed by atoms with van der Waals surface area (Å²) in [7, 11) is 0. The van der Waals surface area contributed by atoms with Crippen LogP contribution in [-0.2, 0) is 0 Å². The summed E-state index contributed by atoms with van der Waals surface area (Å²) in [4.78, 5) is 3.93. The first-order chi connectivity index (χ1) is 8.56. The van der Waals surface area contributed by atoms with Crippen molar-refractivity contribution in [3.63, 3.8) is 0 Å². The number of hydrogen-bond donors (Lipinski definition) is 2. The van der Waals surface area contributed by atoms with E-state index in [1.807, 2.05) is 0 Å². The predicted octanol–water partition coefficient (Wildman–Crippen LogP) is 3.46. The molecule has 0 aliphatic heterocycles. The third-order valence-corrected chi connectivity index (χ3v) is 2.58. The second kappa shape index (κ2) is 5.25. The molecule has 2 rings (SSSR count). The van der Waals surface area contributed by atoms with Crippen molar-refractivity contribution in [3.05, 3.63) is 52.3 Å². The number of hydrogen-bond acceptors (Lipinski definition) is 3. The van der Waals surface area contributed by atoms with Gasteiger partial charge in [-0.15, -0.1) is 0 Å². The predicted molar refractivity (Wildman–Crippen MR) is 71.8 cm³/mol. The van der Waals surface area contributed by atoms with Gasteiger partial charge in [0.25, 0.3) is 0 Å². The van der Waals surface area contributed by atoms with E-state index >= 15 is 0 Å². The van der Waals surface area contributed by atoms with Crippen LogP contribution in [0.4, 0.5) is 0 Å². The fourth-order valence-corrected chi connectivity index (χ4v) is 1.90. The number of aromatic nitrogens is 1. The van der Waals surface area contributed by atoms with Crippen LogP contribution >= 0.6 is 23.2 Å². The number of pyridine rings is 1. The molecule has 0 saturated heterocycles. The van der Waals surface area contributed by atoms with E-state index in [-0.39, 0.29) is 5.84 Å². The van der Waals surface area contributed by atoms with Crippen LogP contribution in [0.1, 0.15) is 5.56 Å². The summed E-state index contributed by atoms with van der Waals surface area (Å²) in [6.07, 6.45) is 3.01. The van der Waals surface area contributed by atoms with Crippen LogP contribution in [0.5, 0.6) is 11.5 Å². The highest BCUT2D eigenvalue weighted by Gasteiger charge is 2.08. The van der Waals surface area contributed by atoms with Crippen molar-refractivity contribution in [3.8, 4) is 11.5 Å². The number of nitrogens with zero attached hydrogens (tertiary/aromatic N) is 1. The number of nitrogens with one attached hydrogen (secondary N) is 1. The van der Waals surface area contributed by atoms with Crippen LogP contribution in [0.25, 0.3) is 0 Å². The second-order valence-corrected chi connectivity index (χ2v) is 4.37. The number of benzene rings is 1. The van der Waals surface area contributed by atoms with Gasteiger partial charge in [0.05, 0.1) is 11.8 Å². The number of rotatable bonds is 3. The molecule has 0 bridgehead atoms. The second-order valence-electron chi connectivity index (χ2n) is 3.49. The van der Waals surface area contributed by atoms with Crippen molar-refractivity contribution in [1.29, 1.82) is 5.41 Å². The zero-order chi connectivity index (χ0) is 13.1. The molecule has 6 heteroatoms. The lowest BCUT2D eigenvalue weighted by Gasteiger charge is -2.10. The highest BCUT2D eigenvalue weighted by Crippen LogP contribution is 2.29. The number of ether oxygens (including phenoxy) is 1. The Kier molecular flexibility index (Phi) is 3.69. The molecule has 2 aromatic rings. The maximum absolute atomic E-state index is 7.44. The minimum Gasteiger partial charge on any atom is -0.455 e. The topological polar surface area (TPSA) is 72.0 Å². The lowest BCUT2D eigenvalue weighted by molar-refractivity contribution is 0.479. The lowest BCUT2D eigenvalue weighted by Crippen LogP contribution is -2.12. The van der Waals surface area contributed by atoms with Crippen molar-refractivity contribution in [2.24, 2.45) is 5.73 Å². The van der Waals surface area contributed by atoms with Gasteiger partial charge in [0.2, 0.25) is 0 Å². The molecule has 1 aromatic heterocycles. The SMILES string of the molecule is N=C(N)c1ccncc1Oc1cc(Cl)cc(Cl)c1. The van der Waals surface area contributed by atoms with Crippen LogP contribution in [-0.4, -0.2) is 10.8 Å². The normalized spacial score (nSPS) is 10.1. The van der Waals surface area contributed by atoms with E-state index in [9.17, 15) is 0 Å². The summed E-state index contributed by atoms with van der Waals surface area (Å²) in [6, 6.07) is 6.43. The van der Waals surface area contributed by atoms with E-state index in [0.717, 1.165) is 0 Å². The molecule has 0 aliphatic rings. The van der Waals surface area contributed by atoms with E-state index in [0.29, 0.717) is 27.1 Å². The molecule has 1 heterocycles. The molecule has 1 aromatic carbocycles. The fraction of sp³-hybridized carbons (Fsp3) is 0. The molecule has 0 fully saturated rings. The molecule has 0 unspecified atom stereocenters. The van der Waals surface area contributed by atoms with Crippen LogP contribution in [0.2, 0.25) is 10.0 Å². The van der Waals surface area contributed by atoms with Gasteiger partial charge in [-0.25, -0.2) is 0 Å². The third-order valence-electron chi connectivity index (χ3n) is 2.14. The fourth-order valence-electron chi connectivity index (χ4n) is 1.40. The molecule has 0 radical (unpaired) electrons. The summed E-state index contributed by atoms with van der Waals surface area (Å²) in [5, 5.41) is 8.37. The average molecular weight is 282 g/mol. The van der Waals surface area contributed by atoms with Gasteiger partial charge in [-0.2, -0.15) is 0 Å². The minimum atomic E-state index is -0.0967. The quantitative estimate of drug-likeness (QED) is 0.668. The summed E-state index contributed by atoms with van der Waals surface area (Å²) < 4.78 is 5.58. The summed E-state index contributed by atoms with van der Waals surface area (Å²) in [5.41, 5.74) is 5.91. The van der Waals surface area contributed by atoms with E-state index in [1.165, 1.54) is 12.4 Å². The van der Waals surface area contributed by atoms with Gasteiger partial charge < -0.3 is 10.5 Å². The molecule has 0 spiro atoms. The Labute approximate surface area is 114 Å². The number of nitrogen functional groups attached to an aromatic ring is 1. The number of nitrogens with two attached hydrogens (primary N) is 1. The minimum absolute atomic E-state index is 0.0967. The Morgan fingerprint density at radius 1 is 1.22 bits per heavy atom. The van der Waals surface area contributed by atoms with E-state index < -0.39 is 0 Å². The van der Waals surface area contributed by atoms with Crippen LogP contribution in [0.3, 0.4) is 0 Å². The van der Waals surface area contributed by atoms with E-state index in [2.05, 4.69) is 4.98 Å². The number of halogens is 2. The van der Waals surface area contributed by atoms with Crippen molar-refractivity contribution >= 4 is 29.0 Å². The summed E-state index contributed by atoms with van der Waals surface area (Å²) in [5.74, 6) is 0.742. The third kappa shape index (κ3) is 2.91. The van der Waals surface area contributed by atoms with Crippen LogP contribution in [0, 0.1) is 5.41 Å². The smallest absolute Gasteiger partial charge is 0.156 e. The molecule has 0 aliphatic carbocycles. The largest absolute Gasteiger partial charge is 0.455 e. The van der Waals surface area contributed by atoms with Crippen LogP contribution in [0.15, 0.2) is 36.7 Å². The van der Waals surface area contributed by atoms with Crippen molar-refractivity contribution < 1.29 is 4.74 Å². The van der Waals surface area contributed by atoms with Crippen LogP contribution < -0.4 is 10.5 Å². The maximum atomic E-state index is 7.44. The van der Waals surface area contributed by atoms with Gasteiger partial charge in [-0.1, -0.05) is 23.2 Å². The highest BCUT2D eigenvalue weighted by atomic mass is 35.5. The van der Waals surface area contributed by atoms with Gasteiger partial charge in [-0.3, -0.25) is 10.4 Å². The zero-order valence-electron chi connectivity index (χ0n) is 9.15. The first kappa shape index (κ1) is 12.7. The average Bonchev–Trinajstić information content (AvgIpc) is 2.27. The first-order valence-electron chi connectivity index (χ1n) is 4.98. The Balaban J connectivity index is 2.37. The Morgan fingerprint density at radius 3 is 2.50 bits per heavy atom. The Hall–Kier alpha value is -1.78. The Morgan fingerprint density at radius 2 is 1.89 bits per heavy atom.